The van der Waals surface area contributed by atoms with Gasteiger partial charge in [-0.3, -0.25) is 9.59 Å². The molecular formula is C30H28ClN5O3. The van der Waals surface area contributed by atoms with Crippen molar-refractivity contribution in [3.8, 4) is 17.5 Å². The molecule has 198 valence electrons. The molecule has 0 spiro atoms. The van der Waals surface area contributed by atoms with E-state index in [0.717, 1.165) is 16.9 Å². The van der Waals surface area contributed by atoms with E-state index in [1.807, 2.05) is 43.3 Å². The molecule has 0 aliphatic rings. The van der Waals surface area contributed by atoms with Gasteiger partial charge in [0.25, 0.3) is 0 Å². The molecule has 0 radical (unpaired) electrons. The highest BCUT2D eigenvalue weighted by Gasteiger charge is 2.25. The minimum atomic E-state index is -0.340. The number of anilines is 1. The maximum Gasteiger partial charge on any atom is 0.224 e. The van der Waals surface area contributed by atoms with Gasteiger partial charge in [0.05, 0.1) is 19.2 Å². The molecule has 0 saturated carbocycles. The number of ketones is 1. The molecule has 0 unspecified atom stereocenters. The average molecular weight is 542 g/mol. The first kappa shape index (κ1) is 27.4. The second kappa shape index (κ2) is 12.8. The first-order chi connectivity index (χ1) is 18.9. The number of hydrogen-bond acceptors (Lipinski definition) is 6. The van der Waals surface area contributed by atoms with Crippen LogP contribution in [-0.4, -0.2) is 41.7 Å². The fourth-order valence-electron chi connectivity index (χ4n) is 3.97. The van der Waals surface area contributed by atoms with Gasteiger partial charge >= 0.3 is 0 Å². The van der Waals surface area contributed by atoms with Crippen LogP contribution >= 0.6 is 11.6 Å². The summed E-state index contributed by atoms with van der Waals surface area (Å²) in [6.07, 6.45) is 0.857. The highest BCUT2D eigenvalue weighted by molar-refractivity contribution is 6.30. The molecule has 2 N–H and O–H groups in total. The third-order valence-electron chi connectivity index (χ3n) is 6.09. The number of nitrogens with zero attached hydrogens (tertiary/aromatic N) is 3. The average Bonchev–Trinajstić information content (AvgIpc) is 3.32. The predicted molar refractivity (Wildman–Crippen MR) is 151 cm³/mol. The van der Waals surface area contributed by atoms with Crippen molar-refractivity contribution in [3.63, 3.8) is 0 Å². The Bertz CT molecular complexity index is 1490. The van der Waals surface area contributed by atoms with Crippen molar-refractivity contribution >= 4 is 29.1 Å². The van der Waals surface area contributed by atoms with Crippen LogP contribution in [0.3, 0.4) is 0 Å². The molecule has 0 aliphatic heterocycles. The van der Waals surface area contributed by atoms with Crippen molar-refractivity contribution in [2.45, 2.75) is 19.8 Å². The summed E-state index contributed by atoms with van der Waals surface area (Å²) in [5.74, 6) is 0.714. The normalized spacial score (nSPS) is 10.5. The van der Waals surface area contributed by atoms with Crippen LogP contribution in [0.15, 0.2) is 72.8 Å². The van der Waals surface area contributed by atoms with Gasteiger partial charge in [0.15, 0.2) is 5.69 Å². The van der Waals surface area contributed by atoms with E-state index < -0.39 is 0 Å². The molecule has 0 saturated heterocycles. The monoisotopic (exact) mass is 541 g/mol. The summed E-state index contributed by atoms with van der Waals surface area (Å²) in [6.45, 7) is 2.82. The highest BCUT2D eigenvalue weighted by Crippen LogP contribution is 2.26. The number of amides is 1. The maximum atomic E-state index is 13.3. The number of halogens is 1. The summed E-state index contributed by atoms with van der Waals surface area (Å²) >= 11 is 6.06. The van der Waals surface area contributed by atoms with E-state index in [-0.39, 0.29) is 29.4 Å². The van der Waals surface area contributed by atoms with Crippen molar-refractivity contribution in [2.75, 3.05) is 25.5 Å². The molecule has 8 nitrogen and oxygen atoms in total. The summed E-state index contributed by atoms with van der Waals surface area (Å²) in [4.78, 5) is 25.6. The van der Waals surface area contributed by atoms with E-state index in [0.29, 0.717) is 41.6 Å². The molecule has 39 heavy (non-hydrogen) atoms. The Kier molecular flexibility index (Phi) is 8.97. The van der Waals surface area contributed by atoms with Crippen molar-refractivity contribution in [2.24, 2.45) is 0 Å². The van der Waals surface area contributed by atoms with E-state index in [1.54, 1.807) is 48.2 Å². The van der Waals surface area contributed by atoms with E-state index in [4.69, 9.17) is 16.3 Å². The Balaban J connectivity index is 1.46. The molecule has 0 atom stereocenters. The van der Waals surface area contributed by atoms with E-state index in [9.17, 15) is 14.9 Å². The van der Waals surface area contributed by atoms with Gasteiger partial charge in [0.2, 0.25) is 11.7 Å². The molecule has 0 aliphatic carbocycles. The van der Waals surface area contributed by atoms with Gasteiger partial charge < -0.3 is 15.4 Å². The molecule has 4 rings (SSSR count). The lowest BCUT2D eigenvalue weighted by Gasteiger charge is -2.11. The molecule has 1 amide bonds. The van der Waals surface area contributed by atoms with E-state index in [1.165, 1.54) is 0 Å². The zero-order chi connectivity index (χ0) is 27.8. The first-order valence-corrected chi connectivity index (χ1v) is 12.8. The number of hydrogen-bond donors (Lipinski definition) is 2. The Hall–Kier alpha value is -4.61. The number of ether oxygens (including phenoxy) is 1. The molecule has 3 aromatic carbocycles. The summed E-state index contributed by atoms with van der Waals surface area (Å²) in [7, 11) is 1.60. The zero-order valence-corrected chi connectivity index (χ0v) is 22.5. The Labute approximate surface area is 232 Å². The fourth-order valence-corrected chi connectivity index (χ4v) is 4.10. The van der Waals surface area contributed by atoms with Crippen molar-refractivity contribution < 1.29 is 14.3 Å². The third kappa shape index (κ3) is 6.83. The summed E-state index contributed by atoms with van der Waals surface area (Å²) in [5, 5.41) is 21.3. The van der Waals surface area contributed by atoms with E-state index >= 15 is 0 Å². The second-order valence-corrected chi connectivity index (χ2v) is 9.36. The van der Waals surface area contributed by atoms with Crippen LogP contribution < -0.4 is 15.4 Å². The molecule has 9 heteroatoms. The Morgan fingerprint density at radius 2 is 1.69 bits per heavy atom. The Morgan fingerprint density at radius 3 is 2.33 bits per heavy atom. The molecular weight excluding hydrogens is 514 g/mol. The largest absolute Gasteiger partial charge is 0.497 e. The maximum absolute atomic E-state index is 13.3. The van der Waals surface area contributed by atoms with Gasteiger partial charge in [-0.15, -0.1) is 0 Å². The van der Waals surface area contributed by atoms with Crippen LogP contribution in [0.5, 0.6) is 5.75 Å². The van der Waals surface area contributed by atoms with Crippen LogP contribution in [0.4, 0.5) is 5.82 Å². The van der Waals surface area contributed by atoms with Crippen LogP contribution in [0.2, 0.25) is 5.02 Å². The summed E-state index contributed by atoms with van der Waals surface area (Å²) < 4.78 is 6.68. The Morgan fingerprint density at radius 1 is 1.00 bits per heavy atom. The van der Waals surface area contributed by atoms with Gasteiger partial charge in [0.1, 0.15) is 23.2 Å². The number of carbonyl (C=O) groups is 2. The van der Waals surface area contributed by atoms with Gasteiger partial charge in [0, 0.05) is 23.7 Å². The lowest BCUT2D eigenvalue weighted by Crippen LogP contribution is -2.27. The van der Waals surface area contributed by atoms with Crippen LogP contribution in [0, 0.1) is 18.3 Å². The standard InChI is InChI=1S/C30H28ClN5O3/c1-20-4-8-22(9-5-20)29(38)28-26(19-32)30(36(35-28)24-12-10-23(31)11-13-24)34-17-3-16-33-27(37)18-21-6-14-25(39-2)15-7-21/h4-15,34H,3,16-18H2,1-2H3,(H,33,37). The number of nitriles is 1. The summed E-state index contributed by atoms with van der Waals surface area (Å²) in [5.41, 5.74) is 3.23. The molecule has 4 aromatic rings. The number of aromatic nitrogens is 2. The van der Waals surface area contributed by atoms with Gasteiger partial charge in [-0.05, 0) is 55.3 Å². The quantitative estimate of drug-likeness (QED) is 0.202. The SMILES string of the molecule is COc1ccc(CC(=O)NCCCNc2c(C#N)c(C(=O)c3ccc(C)cc3)nn2-c2ccc(Cl)cc2)cc1. The summed E-state index contributed by atoms with van der Waals surface area (Å²) in [6, 6.07) is 23.6. The van der Waals surface area contributed by atoms with Gasteiger partial charge in [-0.1, -0.05) is 53.6 Å². The predicted octanol–water partition coefficient (Wildman–Crippen LogP) is 5.11. The lowest BCUT2D eigenvalue weighted by molar-refractivity contribution is -0.120. The first-order valence-electron chi connectivity index (χ1n) is 12.4. The molecule has 0 fully saturated rings. The van der Waals surface area contributed by atoms with Gasteiger partial charge in [-0.25, -0.2) is 4.68 Å². The number of benzene rings is 3. The number of nitrogens with one attached hydrogen (secondary N) is 2. The zero-order valence-electron chi connectivity index (χ0n) is 21.7. The number of carbonyl (C=O) groups excluding carboxylic acids is 2. The van der Waals surface area contributed by atoms with E-state index in [2.05, 4.69) is 21.8 Å². The topological polar surface area (TPSA) is 109 Å². The van der Waals surface area contributed by atoms with Gasteiger partial charge in [-0.2, -0.15) is 10.4 Å². The molecule has 0 bridgehead atoms. The van der Waals surface area contributed by atoms with Crippen LogP contribution in [-0.2, 0) is 11.2 Å². The second-order valence-electron chi connectivity index (χ2n) is 8.92. The van der Waals surface area contributed by atoms with Crippen molar-refractivity contribution in [1.82, 2.24) is 15.1 Å². The third-order valence-corrected chi connectivity index (χ3v) is 6.34. The number of methoxy groups -OCH3 is 1. The smallest absolute Gasteiger partial charge is 0.224 e. The fraction of sp³-hybridized carbons (Fsp3) is 0.200. The van der Waals surface area contributed by atoms with Crippen LogP contribution in [0.25, 0.3) is 5.69 Å². The van der Waals surface area contributed by atoms with Crippen LogP contribution in [0.1, 0.15) is 39.2 Å². The minimum absolute atomic E-state index is 0.0617. The van der Waals surface area contributed by atoms with Crippen molar-refractivity contribution in [1.29, 1.82) is 5.26 Å². The number of rotatable bonds is 11. The molecule has 1 aromatic heterocycles. The number of aryl methyl sites for hydroxylation is 1. The lowest BCUT2D eigenvalue weighted by atomic mass is 10.0. The molecule has 1 heterocycles. The van der Waals surface area contributed by atoms with Crippen molar-refractivity contribution in [3.05, 3.63) is 106 Å². The minimum Gasteiger partial charge on any atom is -0.497 e. The highest BCUT2D eigenvalue weighted by atomic mass is 35.5.